The summed E-state index contributed by atoms with van der Waals surface area (Å²) in [6, 6.07) is 51.3. The molecule has 0 unspecified atom stereocenters. The van der Waals surface area contributed by atoms with E-state index in [0.717, 1.165) is 55.7 Å². The van der Waals surface area contributed by atoms with Crippen LogP contribution in [0.5, 0.6) is 11.5 Å². The van der Waals surface area contributed by atoms with Crippen LogP contribution in [0.3, 0.4) is 0 Å². The zero-order valence-electron chi connectivity index (χ0n) is 22.7. The third-order valence-corrected chi connectivity index (χ3v) is 8.51. The molecule has 0 spiro atoms. The molecule has 0 radical (unpaired) electrons. The molecule has 0 saturated carbocycles. The first-order valence-electron chi connectivity index (χ1n) is 14.3. The Morgan fingerprint density at radius 2 is 1.00 bits per heavy atom. The lowest BCUT2D eigenvalue weighted by atomic mass is 9.87. The zero-order valence-corrected chi connectivity index (χ0v) is 22.7. The predicted molar refractivity (Wildman–Crippen MR) is 173 cm³/mol. The smallest absolute Gasteiger partial charge is 0.143 e. The summed E-state index contributed by atoms with van der Waals surface area (Å²) in [5.74, 6) is 1.80. The minimum Gasteiger partial charge on any atom is -0.456 e. The Hall–Kier alpha value is -5.60. The third kappa shape index (κ3) is 3.39. The van der Waals surface area contributed by atoms with Gasteiger partial charge in [-0.2, -0.15) is 0 Å². The number of benzene rings is 7. The van der Waals surface area contributed by atoms with E-state index in [9.17, 15) is 0 Å². The molecular formula is C40H24O2. The highest BCUT2D eigenvalue weighted by Gasteiger charge is 2.22. The van der Waals surface area contributed by atoms with Crippen LogP contribution in [0, 0.1) is 0 Å². The summed E-state index contributed by atoms with van der Waals surface area (Å²) >= 11 is 0. The molecule has 2 heterocycles. The molecular weight excluding hydrogens is 512 g/mol. The first-order chi connectivity index (χ1) is 20.8. The predicted octanol–water partition coefficient (Wildman–Crippen LogP) is 11.5. The summed E-state index contributed by atoms with van der Waals surface area (Å²) in [6.45, 7) is 0. The van der Waals surface area contributed by atoms with Gasteiger partial charge in [0.25, 0.3) is 0 Å². The maximum atomic E-state index is 6.45. The molecule has 196 valence electrons. The summed E-state index contributed by atoms with van der Waals surface area (Å²) < 4.78 is 12.8. The number of fused-ring (bicyclic) bond motifs is 5. The van der Waals surface area contributed by atoms with Gasteiger partial charge in [-0.25, -0.2) is 0 Å². The standard InChI is InChI=1S/C40H24O2/c1-2-13-28(29-14-3-4-15-30(29)33-18-9-19-34-31-16-5-6-20-36(31)42-40(33)34)27(12-1)26-22-23-37-35(24-26)32-17-7-10-25-11-8-21-38(41-37)39(25)32/h1-24H. The van der Waals surface area contributed by atoms with Crippen LogP contribution in [0.25, 0.3) is 77.2 Å². The van der Waals surface area contributed by atoms with Crippen LogP contribution in [-0.2, 0) is 0 Å². The highest BCUT2D eigenvalue weighted by molar-refractivity contribution is 6.11. The van der Waals surface area contributed by atoms with E-state index >= 15 is 0 Å². The van der Waals surface area contributed by atoms with E-state index in [1.54, 1.807) is 0 Å². The van der Waals surface area contributed by atoms with Gasteiger partial charge in [0.05, 0.1) is 0 Å². The lowest BCUT2D eigenvalue weighted by molar-refractivity contribution is 0.487. The van der Waals surface area contributed by atoms with Crippen molar-refractivity contribution in [2.45, 2.75) is 0 Å². The fraction of sp³-hybridized carbons (Fsp3) is 0. The van der Waals surface area contributed by atoms with Gasteiger partial charge in [0.2, 0.25) is 0 Å². The average Bonchev–Trinajstić information content (AvgIpc) is 3.44. The molecule has 2 heteroatoms. The second-order valence-corrected chi connectivity index (χ2v) is 10.8. The van der Waals surface area contributed by atoms with Crippen LogP contribution in [-0.4, -0.2) is 0 Å². The summed E-state index contributed by atoms with van der Waals surface area (Å²) in [6.07, 6.45) is 0. The van der Waals surface area contributed by atoms with E-state index in [-0.39, 0.29) is 0 Å². The van der Waals surface area contributed by atoms with Gasteiger partial charge < -0.3 is 9.15 Å². The van der Waals surface area contributed by atoms with E-state index in [1.165, 1.54) is 33.0 Å². The molecule has 1 aromatic heterocycles. The van der Waals surface area contributed by atoms with Gasteiger partial charge in [0.15, 0.2) is 0 Å². The number of hydrogen-bond donors (Lipinski definition) is 0. The lowest BCUT2D eigenvalue weighted by Crippen LogP contribution is -1.97. The Morgan fingerprint density at radius 3 is 1.86 bits per heavy atom. The van der Waals surface area contributed by atoms with Gasteiger partial charge in [-0.15, -0.1) is 0 Å². The molecule has 7 aromatic carbocycles. The maximum absolute atomic E-state index is 6.45. The molecule has 0 aliphatic carbocycles. The molecule has 8 aromatic rings. The van der Waals surface area contributed by atoms with E-state index in [2.05, 4.69) is 133 Å². The van der Waals surface area contributed by atoms with Crippen LogP contribution in [0.1, 0.15) is 0 Å². The Labute approximate surface area is 243 Å². The summed E-state index contributed by atoms with van der Waals surface area (Å²) in [4.78, 5) is 0. The number of rotatable bonds is 3. The fourth-order valence-electron chi connectivity index (χ4n) is 6.61. The van der Waals surface area contributed by atoms with Crippen molar-refractivity contribution in [1.29, 1.82) is 0 Å². The molecule has 1 aliphatic heterocycles. The average molecular weight is 537 g/mol. The minimum atomic E-state index is 0.888. The van der Waals surface area contributed by atoms with Gasteiger partial charge in [-0.1, -0.05) is 121 Å². The number of hydrogen-bond acceptors (Lipinski definition) is 2. The largest absolute Gasteiger partial charge is 0.456 e. The Bertz CT molecular complexity index is 2330. The van der Waals surface area contributed by atoms with Crippen LogP contribution in [0.15, 0.2) is 150 Å². The van der Waals surface area contributed by atoms with Gasteiger partial charge in [-0.3, -0.25) is 0 Å². The highest BCUT2D eigenvalue weighted by Crippen LogP contribution is 2.48. The van der Waals surface area contributed by atoms with Gasteiger partial charge >= 0.3 is 0 Å². The van der Waals surface area contributed by atoms with Crippen molar-refractivity contribution in [2.24, 2.45) is 0 Å². The van der Waals surface area contributed by atoms with Gasteiger partial charge in [-0.05, 0) is 63.0 Å². The molecule has 0 bridgehead atoms. The Balaban J connectivity index is 1.24. The zero-order chi connectivity index (χ0) is 27.6. The molecule has 2 nitrogen and oxygen atoms in total. The second-order valence-electron chi connectivity index (χ2n) is 10.8. The Kier molecular flexibility index (Phi) is 4.93. The number of ether oxygens (including phenoxy) is 1. The molecule has 0 fully saturated rings. The maximum Gasteiger partial charge on any atom is 0.143 e. The van der Waals surface area contributed by atoms with Crippen molar-refractivity contribution < 1.29 is 9.15 Å². The topological polar surface area (TPSA) is 22.4 Å². The van der Waals surface area contributed by atoms with E-state index in [1.807, 2.05) is 12.1 Å². The monoisotopic (exact) mass is 536 g/mol. The summed E-state index contributed by atoms with van der Waals surface area (Å²) in [5.41, 5.74) is 11.1. The Morgan fingerprint density at radius 1 is 0.381 bits per heavy atom. The van der Waals surface area contributed by atoms with Crippen LogP contribution in [0.2, 0.25) is 0 Å². The van der Waals surface area contributed by atoms with Crippen molar-refractivity contribution >= 4 is 32.7 Å². The normalized spacial score (nSPS) is 12.0. The molecule has 9 rings (SSSR count). The highest BCUT2D eigenvalue weighted by atomic mass is 16.5. The number of furan rings is 1. The van der Waals surface area contributed by atoms with Gasteiger partial charge in [0, 0.05) is 27.3 Å². The summed E-state index contributed by atoms with van der Waals surface area (Å²) in [7, 11) is 0. The van der Waals surface area contributed by atoms with Crippen LogP contribution >= 0.6 is 0 Å². The second kappa shape index (κ2) is 8.95. The first kappa shape index (κ1) is 23.1. The molecule has 0 N–H and O–H groups in total. The van der Waals surface area contributed by atoms with Crippen LogP contribution < -0.4 is 4.74 Å². The minimum absolute atomic E-state index is 0.888. The van der Waals surface area contributed by atoms with Crippen molar-refractivity contribution in [2.75, 3.05) is 0 Å². The lowest BCUT2D eigenvalue weighted by Gasteiger charge is -2.22. The van der Waals surface area contributed by atoms with E-state index in [4.69, 9.17) is 9.15 Å². The van der Waals surface area contributed by atoms with Gasteiger partial charge in [0.1, 0.15) is 22.7 Å². The molecule has 1 aliphatic rings. The van der Waals surface area contributed by atoms with Crippen molar-refractivity contribution in [1.82, 2.24) is 0 Å². The van der Waals surface area contributed by atoms with E-state index < -0.39 is 0 Å². The number of para-hydroxylation sites is 2. The van der Waals surface area contributed by atoms with Crippen molar-refractivity contribution in [3.63, 3.8) is 0 Å². The first-order valence-corrected chi connectivity index (χ1v) is 14.3. The molecule has 0 amide bonds. The van der Waals surface area contributed by atoms with Crippen molar-refractivity contribution in [3.05, 3.63) is 146 Å². The molecule has 0 atom stereocenters. The molecule has 42 heavy (non-hydrogen) atoms. The van der Waals surface area contributed by atoms with Crippen molar-refractivity contribution in [3.8, 4) is 56.0 Å². The fourth-order valence-corrected chi connectivity index (χ4v) is 6.61. The third-order valence-electron chi connectivity index (χ3n) is 8.51. The van der Waals surface area contributed by atoms with E-state index in [0.29, 0.717) is 0 Å². The summed E-state index contributed by atoms with van der Waals surface area (Å²) in [5, 5.41) is 4.63. The molecule has 0 saturated heterocycles. The quantitative estimate of drug-likeness (QED) is 0.224. The van der Waals surface area contributed by atoms with Crippen LogP contribution in [0.4, 0.5) is 0 Å². The SMILES string of the molecule is c1ccc(-c2ccccc2-c2cccc3c2oc2ccccc23)c(-c2ccc3c(c2)-c2cccc4cccc(c24)O3)c1.